The standard InChI is InChI=1S/C11H11N3O/c1-2-3-4-7-13-8-9-14-10(11(13)15)5-6-12-14/h1,5-6,8-9H,3-4,7H2. The van der Waals surface area contributed by atoms with Crippen molar-refractivity contribution in [2.45, 2.75) is 19.4 Å². The van der Waals surface area contributed by atoms with Gasteiger partial charge in [0, 0.05) is 25.4 Å². The maximum absolute atomic E-state index is 11.8. The van der Waals surface area contributed by atoms with Crippen LogP contribution in [0.3, 0.4) is 0 Å². The van der Waals surface area contributed by atoms with Crippen molar-refractivity contribution in [3.8, 4) is 12.3 Å². The third-order valence-corrected chi connectivity index (χ3v) is 2.26. The zero-order valence-electron chi connectivity index (χ0n) is 8.26. The summed E-state index contributed by atoms with van der Waals surface area (Å²) in [6, 6.07) is 1.71. The number of aryl methyl sites for hydroxylation is 1. The van der Waals surface area contributed by atoms with Gasteiger partial charge in [0.05, 0.1) is 6.20 Å². The van der Waals surface area contributed by atoms with E-state index in [9.17, 15) is 4.79 Å². The van der Waals surface area contributed by atoms with Crippen LogP contribution in [0.25, 0.3) is 5.52 Å². The van der Waals surface area contributed by atoms with Gasteiger partial charge in [0.1, 0.15) is 5.52 Å². The van der Waals surface area contributed by atoms with Crippen molar-refractivity contribution < 1.29 is 0 Å². The van der Waals surface area contributed by atoms with Gasteiger partial charge in [-0.2, -0.15) is 5.10 Å². The first-order valence-corrected chi connectivity index (χ1v) is 4.79. The summed E-state index contributed by atoms with van der Waals surface area (Å²) in [6.07, 6.45) is 11.8. The van der Waals surface area contributed by atoms with Gasteiger partial charge in [-0.25, -0.2) is 4.52 Å². The zero-order chi connectivity index (χ0) is 10.7. The van der Waals surface area contributed by atoms with E-state index < -0.39 is 0 Å². The third kappa shape index (κ3) is 1.77. The Kier molecular flexibility index (Phi) is 2.55. The van der Waals surface area contributed by atoms with Crippen molar-refractivity contribution in [3.63, 3.8) is 0 Å². The summed E-state index contributed by atoms with van der Waals surface area (Å²) in [7, 11) is 0. The molecular weight excluding hydrogens is 190 g/mol. The lowest BCUT2D eigenvalue weighted by atomic mass is 10.3. The van der Waals surface area contributed by atoms with Gasteiger partial charge in [0.2, 0.25) is 0 Å². The molecule has 4 heteroatoms. The second kappa shape index (κ2) is 4.01. The number of aromatic nitrogens is 3. The highest BCUT2D eigenvalue weighted by atomic mass is 16.1. The van der Waals surface area contributed by atoms with Crippen molar-refractivity contribution >= 4 is 5.52 Å². The van der Waals surface area contributed by atoms with Gasteiger partial charge in [-0.05, 0) is 12.5 Å². The number of terminal acetylenes is 1. The molecule has 2 rings (SSSR count). The molecule has 4 nitrogen and oxygen atoms in total. The number of nitrogens with zero attached hydrogens (tertiary/aromatic N) is 3. The van der Waals surface area contributed by atoms with Crippen LogP contribution in [0.1, 0.15) is 12.8 Å². The molecule has 0 aliphatic carbocycles. The van der Waals surface area contributed by atoms with Crippen LogP contribution in [0.5, 0.6) is 0 Å². The Morgan fingerprint density at radius 2 is 2.33 bits per heavy atom. The smallest absolute Gasteiger partial charge is 0.276 e. The van der Waals surface area contributed by atoms with Crippen LogP contribution < -0.4 is 5.56 Å². The SMILES string of the molecule is C#CCCCn1ccn2nccc2c1=O. The minimum absolute atomic E-state index is 0.0213. The van der Waals surface area contributed by atoms with E-state index in [1.54, 1.807) is 33.7 Å². The first kappa shape index (κ1) is 9.53. The highest BCUT2D eigenvalue weighted by Crippen LogP contribution is 1.96. The molecule has 0 aromatic carbocycles. The summed E-state index contributed by atoms with van der Waals surface area (Å²) in [5.74, 6) is 2.56. The fourth-order valence-corrected chi connectivity index (χ4v) is 1.49. The molecule has 0 aliphatic rings. The largest absolute Gasteiger partial charge is 0.312 e. The van der Waals surface area contributed by atoms with Crippen LogP contribution >= 0.6 is 0 Å². The fraction of sp³-hybridized carbons (Fsp3) is 0.273. The molecule has 0 saturated heterocycles. The molecule has 2 heterocycles. The van der Waals surface area contributed by atoms with E-state index in [-0.39, 0.29) is 5.56 Å². The first-order chi connectivity index (χ1) is 7.33. The Morgan fingerprint density at radius 1 is 1.47 bits per heavy atom. The molecule has 0 unspecified atom stereocenters. The Morgan fingerprint density at radius 3 is 3.13 bits per heavy atom. The topological polar surface area (TPSA) is 39.3 Å². The van der Waals surface area contributed by atoms with Crippen LogP contribution in [0, 0.1) is 12.3 Å². The summed E-state index contributed by atoms with van der Waals surface area (Å²) in [6.45, 7) is 0.657. The number of rotatable bonds is 3. The van der Waals surface area contributed by atoms with Gasteiger partial charge in [-0.1, -0.05) is 0 Å². The minimum atomic E-state index is -0.0213. The summed E-state index contributed by atoms with van der Waals surface area (Å²) in [5.41, 5.74) is 0.574. The number of hydrogen-bond donors (Lipinski definition) is 0. The van der Waals surface area contributed by atoms with Crippen LogP contribution in [0.15, 0.2) is 29.5 Å². The van der Waals surface area contributed by atoms with Gasteiger partial charge in [-0.15, -0.1) is 12.3 Å². The lowest BCUT2D eigenvalue weighted by molar-refractivity contribution is 0.629. The average molecular weight is 201 g/mol. The van der Waals surface area contributed by atoms with Crippen LogP contribution in [0.2, 0.25) is 0 Å². The molecular formula is C11H11N3O. The molecule has 15 heavy (non-hydrogen) atoms. The predicted molar refractivity (Wildman–Crippen MR) is 57.5 cm³/mol. The summed E-state index contributed by atoms with van der Waals surface area (Å²) in [5, 5.41) is 3.99. The first-order valence-electron chi connectivity index (χ1n) is 4.79. The van der Waals surface area contributed by atoms with Crippen molar-refractivity contribution in [1.29, 1.82) is 0 Å². The molecule has 0 saturated carbocycles. The lowest BCUT2D eigenvalue weighted by Gasteiger charge is -2.03. The van der Waals surface area contributed by atoms with Crippen LogP contribution in [0.4, 0.5) is 0 Å². The highest BCUT2D eigenvalue weighted by molar-refractivity contribution is 5.42. The number of unbranched alkanes of at least 4 members (excludes halogenated alkanes) is 1. The number of fused-ring (bicyclic) bond motifs is 1. The second-order valence-corrected chi connectivity index (χ2v) is 3.27. The Bertz CT molecular complexity index is 559. The van der Waals surface area contributed by atoms with Gasteiger partial charge in [0.25, 0.3) is 5.56 Å². The molecule has 2 aromatic heterocycles. The summed E-state index contributed by atoms with van der Waals surface area (Å²) >= 11 is 0. The lowest BCUT2D eigenvalue weighted by Crippen LogP contribution is -2.21. The molecule has 76 valence electrons. The van der Waals surface area contributed by atoms with E-state index in [2.05, 4.69) is 11.0 Å². The van der Waals surface area contributed by atoms with Crippen molar-refractivity contribution in [1.82, 2.24) is 14.2 Å². The fourth-order valence-electron chi connectivity index (χ4n) is 1.49. The minimum Gasteiger partial charge on any atom is -0.312 e. The molecule has 0 aliphatic heterocycles. The molecule has 0 N–H and O–H groups in total. The second-order valence-electron chi connectivity index (χ2n) is 3.27. The van der Waals surface area contributed by atoms with Crippen LogP contribution in [-0.2, 0) is 6.54 Å². The maximum Gasteiger partial charge on any atom is 0.276 e. The van der Waals surface area contributed by atoms with E-state index in [0.717, 1.165) is 6.42 Å². The van der Waals surface area contributed by atoms with Gasteiger partial charge in [-0.3, -0.25) is 4.79 Å². The van der Waals surface area contributed by atoms with Crippen molar-refractivity contribution in [2.24, 2.45) is 0 Å². The van der Waals surface area contributed by atoms with Crippen molar-refractivity contribution in [2.75, 3.05) is 0 Å². The van der Waals surface area contributed by atoms with Gasteiger partial charge in [0.15, 0.2) is 0 Å². The predicted octanol–water partition coefficient (Wildman–Crippen LogP) is 0.909. The molecule has 0 atom stereocenters. The molecule has 0 fully saturated rings. The Balaban J connectivity index is 2.32. The Labute approximate surface area is 87.2 Å². The average Bonchev–Trinajstić information content (AvgIpc) is 2.70. The number of hydrogen-bond acceptors (Lipinski definition) is 2. The molecule has 0 radical (unpaired) electrons. The van der Waals surface area contributed by atoms with Crippen LogP contribution in [-0.4, -0.2) is 14.2 Å². The van der Waals surface area contributed by atoms with Gasteiger partial charge < -0.3 is 4.57 Å². The highest BCUT2D eigenvalue weighted by Gasteiger charge is 2.01. The Hall–Kier alpha value is -2.02. The summed E-state index contributed by atoms with van der Waals surface area (Å²) in [4.78, 5) is 11.8. The van der Waals surface area contributed by atoms with Gasteiger partial charge >= 0.3 is 0 Å². The molecule has 2 aromatic rings. The van der Waals surface area contributed by atoms with E-state index in [0.29, 0.717) is 18.5 Å². The monoisotopic (exact) mass is 201 g/mol. The third-order valence-electron chi connectivity index (χ3n) is 2.26. The summed E-state index contributed by atoms with van der Waals surface area (Å²) < 4.78 is 3.23. The van der Waals surface area contributed by atoms with E-state index in [4.69, 9.17) is 6.42 Å². The molecule has 0 amide bonds. The molecule has 0 spiro atoms. The zero-order valence-corrected chi connectivity index (χ0v) is 8.26. The quantitative estimate of drug-likeness (QED) is 0.547. The van der Waals surface area contributed by atoms with Crippen molar-refractivity contribution in [3.05, 3.63) is 35.0 Å². The van der Waals surface area contributed by atoms with E-state index in [1.165, 1.54) is 0 Å². The van der Waals surface area contributed by atoms with E-state index >= 15 is 0 Å². The molecule has 0 bridgehead atoms. The van der Waals surface area contributed by atoms with E-state index in [1.807, 2.05) is 0 Å². The normalized spacial score (nSPS) is 10.3. The maximum atomic E-state index is 11.8.